The fraction of sp³-hybridized carbons (Fsp3) is 0.0741. The number of hydrazone groups is 1. The minimum Gasteiger partial charge on any atom is -0.497 e. The Labute approximate surface area is 192 Å². The monoisotopic (exact) mass is 434 g/mol. The fourth-order valence-corrected chi connectivity index (χ4v) is 3.70. The maximum atomic E-state index is 5.47. The maximum absolute atomic E-state index is 5.47. The smallest absolute Gasteiger partial charge is 0.155 e. The quantitative estimate of drug-likeness (QED) is 0.469. The summed E-state index contributed by atoms with van der Waals surface area (Å²) in [5.41, 5.74) is 9.67. The van der Waals surface area contributed by atoms with Crippen LogP contribution in [-0.2, 0) is 0 Å². The van der Waals surface area contributed by atoms with Crippen LogP contribution in [0.2, 0.25) is 0 Å². The number of hydrogen-bond donors (Lipinski definition) is 1. The summed E-state index contributed by atoms with van der Waals surface area (Å²) in [7, 11) is 3.32. The van der Waals surface area contributed by atoms with E-state index in [1.165, 1.54) is 0 Å². The van der Waals surface area contributed by atoms with Gasteiger partial charge in [-0.3, -0.25) is 10.4 Å². The molecule has 1 aliphatic heterocycles. The summed E-state index contributed by atoms with van der Waals surface area (Å²) >= 11 is 0. The van der Waals surface area contributed by atoms with Gasteiger partial charge in [0.1, 0.15) is 17.2 Å². The van der Waals surface area contributed by atoms with Gasteiger partial charge in [0.25, 0.3) is 0 Å². The van der Waals surface area contributed by atoms with E-state index >= 15 is 0 Å². The first-order chi connectivity index (χ1) is 16.2. The van der Waals surface area contributed by atoms with Crippen LogP contribution in [0.1, 0.15) is 16.7 Å². The predicted molar refractivity (Wildman–Crippen MR) is 131 cm³/mol. The van der Waals surface area contributed by atoms with Gasteiger partial charge in [-0.15, -0.1) is 0 Å². The van der Waals surface area contributed by atoms with Gasteiger partial charge >= 0.3 is 0 Å². The molecule has 33 heavy (non-hydrogen) atoms. The van der Waals surface area contributed by atoms with E-state index in [9.17, 15) is 0 Å². The van der Waals surface area contributed by atoms with E-state index in [4.69, 9.17) is 19.6 Å². The van der Waals surface area contributed by atoms with Crippen LogP contribution >= 0.6 is 0 Å². The molecule has 6 nitrogen and oxygen atoms in total. The van der Waals surface area contributed by atoms with Crippen molar-refractivity contribution in [2.45, 2.75) is 0 Å². The molecule has 4 aromatic rings. The van der Waals surface area contributed by atoms with Gasteiger partial charge < -0.3 is 9.47 Å². The van der Waals surface area contributed by atoms with Gasteiger partial charge in [-0.05, 0) is 53.6 Å². The summed E-state index contributed by atoms with van der Waals surface area (Å²) in [6, 6.07) is 26.0. The number of ether oxygens (including phenoxy) is 2. The number of pyridine rings is 1. The van der Waals surface area contributed by atoms with E-state index in [0.29, 0.717) is 5.84 Å². The van der Waals surface area contributed by atoms with Crippen molar-refractivity contribution in [3.05, 3.63) is 108 Å². The molecule has 0 saturated carbocycles. The highest BCUT2D eigenvalue weighted by atomic mass is 16.5. The van der Waals surface area contributed by atoms with E-state index in [2.05, 4.69) is 34.7 Å². The molecule has 3 aromatic carbocycles. The van der Waals surface area contributed by atoms with Gasteiger partial charge in [0.2, 0.25) is 0 Å². The van der Waals surface area contributed by atoms with E-state index in [0.717, 1.165) is 50.7 Å². The highest BCUT2D eigenvalue weighted by molar-refractivity contribution is 6.18. The number of aromatic nitrogens is 1. The molecule has 0 unspecified atom stereocenters. The molecule has 2 heterocycles. The first-order valence-corrected chi connectivity index (χ1v) is 10.5. The zero-order valence-corrected chi connectivity index (χ0v) is 18.3. The van der Waals surface area contributed by atoms with Crippen LogP contribution in [0, 0.1) is 0 Å². The van der Waals surface area contributed by atoms with Crippen molar-refractivity contribution < 1.29 is 9.47 Å². The minimum absolute atomic E-state index is 0.638. The van der Waals surface area contributed by atoms with Crippen LogP contribution < -0.4 is 14.9 Å². The van der Waals surface area contributed by atoms with Crippen molar-refractivity contribution in [3.63, 3.8) is 0 Å². The molecule has 0 spiro atoms. The lowest BCUT2D eigenvalue weighted by molar-refractivity contribution is 0.414. The van der Waals surface area contributed by atoms with Crippen molar-refractivity contribution in [2.24, 2.45) is 10.1 Å². The molecule has 0 bridgehead atoms. The highest BCUT2D eigenvalue weighted by Gasteiger charge is 2.18. The lowest BCUT2D eigenvalue weighted by atomic mass is 9.97. The van der Waals surface area contributed by atoms with Gasteiger partial charge in [-0.1, -0.05) is 36.4 Å². The van der Waals surface area contributed by atoms with Crippen molar-refractivity contribution in [3.8, 4) is 22.6 Å². The average Bonchev–Trinajstić information content (AvgIpc) is 3.08. The Bertz CT molecular complexity index is 1330. The Hall–Kier alpha value is -4.45. The number of amidine groups is 1. The summed E-state index contributed by atoms with van der Waals surface area (Å²) < 4.78 is 10.7. The standard InChI is InChI=1S/C27H22N4O2/c1-32-22-11-9-19(10-12-22)18-5-7-20(8-6-18)26-24-16-23(33-2)13-14-25(24)29-27(31-30-26)21-4-3-15-28-17-21/h3-17H,1-2H3,(H,29,31). The molecule has 1 N–H and O–H groups in total. The van der Waals surface area contributed by atoms with E-state index in [-0.39, 0.29) is 0 Å². The van der Waals surface area contributed by atoms with Crippen LogP contribution in [0.25, 0.3) is 11.1 Å². The normalized spacial score (nSPS) is 12.5. The number of aliphatic imine (C=N–C) groups is 1. The number of hydrogen-bond acceptors (Lipinski definition) is 6. The van der Waals surface area contributed by atoms with Crippen LogP contribution in [-0.4, -0.2) is 30.8 Å². The summed E-state index contributed by atoms with van der Waals surface area (Å²) in [6.45, 7) is 0. The molecular weight excluding hydrogens is 412 g/mol. The van der Waals surface area contributed by atoms with Crippen LogP contribution in [0.15, 0.2) is 101 Å². The third-order valence-electron chi connectivity index (χ3n) is 5.48. The topological polar surface area (TPSA) is 68.1 Å². The lowest BCUT2D eigenvalue weighted by Gasteiger charge is -2.11. The third-order valence-corrected chi connectivity index (χ3v) is 5.48. The van der Waals surface area contributed by atoms with E-state index in [1.54, 1.807) is 26.6 Å². The SMILES string of the molecule is COc1ccc(-c2ccc(C3=NNC(c4cccnc4)=Nc4ccc(OC)cc43)cc2)cc1. The van der Waals surface area contributed by atoms with Gasteiger partial charge in [-0.2, -0.15) is 5.10 Å². The average molecular weight is 434 g/mol. The summed E-state index contributed by atoms with van der Waals surface area (Å²) in [5.74, 6) is 2.22. The third kappa shape index (κ3) is 4.19. The fourth-order valence-electron chi connectivity index (χ4n) is 3.70. The zero-order chi connectivity index (χ0) is 22.6. The molecule has 0 aliphatic carbocycles. The Morgan fingerprint density at radius 2 is 1.36 bits per heavy atom. The van der Waals surface area contributed by atoms with Crippen molar-refractivity contribution in [1.29, 1.82) is 0 Å². The molecule has 0 amide bonds. The number of nitrogens with zero attached hydrogens (tertiary/aromatic N) is 3. The van der Waals surface area contributed by atoms with Gasteiger partial charge in [-0.25, -0.2) is 4.99 Å². The van der Waals surface area contributed by atoms with Gasteiger partial charge in [0.15, 0.2) is 5.84 Å². The second-order valence-electron chi connectivity index (χ2n) is 7.46. The first kappa shape index (κ1) is 20.5. The number of nitrogens with one attached hydrogen (secondary N) is 1. The molecule has 1 aromatic heterocycles. The van der Waals surface area contributed by atoms with Gasteiger partial charge in [0.05, 0.1) is 19.9 Å². The number of benzene rings is 3. The molecule has 0 fully saturated rings. The van der Waals surface area contributed by atoms with Crippen molar-refractivity contribution >= 4 is 17.2 Å². The van der Waals surface area contributed by atoms with Crippen LogP contribution in [0.5, 0.6) is 11.5 Å². The van der Waals surface area contributed by atoms with Crippen LogP contribution in [0.3, 0.4) is 0 Å². The second-order valence-corrected chi connectivity index (χ2v) is 7.46. The zero-order valence-electron chi connectivity index (χ0n) is 18.3. The summed E-state index contributed by atoms with van der Waals surface area (Å²) in [4.78, 5) is 9.03. The molecule has 1 aliphatic rings. The van der Waals surface area contributed by atoms with Gasteiger partial charge in [0, 0.05) is 29.1 Å². The molecule has 0 saturated heterocycles. The Morgan fingerprint density at radius 3 is 2.03 bits per heavy atom. The van der Waals surface area contributed by atoms with E-state index in [1.807, 2.05) is 54.6 Å². The lowest BCUT2D eigenvalue weighted by Crippen LogP contribution is -2.19. The number of fused-ring (bicyclic) bond motifs is 1. The second kappa shape index (κ2) is 8.96. The Morgan fingerprint density at radius 1 is 0.697 bits per heavy atom. The number of methoxy groups -OCH3 is 2. The molecule has 0 atom stereocenters. The summed E-state index contributed by atoms with van der Waals surface area (Å²) in [6.07, 6.45) is 3.50. The summed E-state index contributed by atoms with van der Waals surface area (Å²) in [5, 5.41) is 4.73. The molecular formula is C27H22N4O2. The van der Waals surface area contributed by atoms with Crippen molar-refractivity contribution in [1.82, 2.24) is 10.4 Å². The molecule has 0 radical (unpaired) electrons. The number of rotatable bonds is 5. The Balaban J connectivity index is 1.54. The largest absolute Gasteiger partial charge is 0.497 e. The van der Waals surface area contributed by atoms with Crippen molar-refractivity contribution in [2.75, 3.05) is 14.2 Å². The molecule has 5 rings (SSSR count). The maximum Gasteiger partial charge on any atom is 0.155 e. The first-order valence-electron chi connectivity index (χ1n) is 10.5. The Kier molecular flexibility index (Phi) is 5.55. The minimum atomic E-state index is 0.638. The molecule has 6 heteroatoms. The molecule has 162 valence electrons. The highest BCUT2D eigenvalue weighted by Crippen LogP contribution is 2.30. The predicted octanol–water partition coefficient (Wildman–Crippen LogP) is 5.20. The van der Waals surface area contributed by atoms with Crippen LogP contribution in [0.4, 0.5) is 5.69 Å². The van der Waals surface area contributed by atoms with E-state index < -0.39 is 0 Å².